The van der Waals surface area contributed by atoms with Gasteiger partial charge in [-0.1, -0.05) is 19.3 Å². The predicted molar refractivity (Wildman–Crippen MR) is 108 cm³/mol. The molecule has 3 N–H and O–H groups in total. The molecule has 1 aliphatic carbocycles. The van der Waals surface area contributed by atoms with E-state index in [-0.39, 0.29) is 30.0 Å². The molecule has 3 aromatic rings. The predicted octanol–water partition coefficient (Wildman–Crippen LogP) is 2.72. The zero-order valence-corrected chi connectivity index (χ0v) is 16.2. The number of hydrogen-bond donors (Lipinski definition) is 3. The van der Waals surface area contributed by atoms with Gasteiger partial charge < -0.3 is 15.4 Å². The molecule has 28 heavy (non-hydrogen) atoms. The fraction of sp³-hybridized carbons (Fsp3) is 0.400. The summed E-state index contributed by atoms with van der Waals surface area (Å²) < 4.78 is 0. The van der Waals surface area contributed by atoms with Crippen molar-refractivity contribution in [3.05, 3.63) is 45.1 Å². The van der Waals surface area contributed by atoms with E-state index < -0.39 is 0 Å². The van der Waals surface area contributed by atoms with Crippen LogP contribution < -0.4 is 10.9 Å². The Kier molecular flexibility index (Phi) is 5.50. The minimum Gasteiger partial charge on any atom is -0.394 e. The Bertz CT molecular complexity index is 1020. The van der Waals surface area contributed by atoms with E-state index in [0.29, 0.717) is 21.6 Å². The van der Waals surface area contributed by atoms with Crippen LogP contribution in [0.5, 0.6) is 0 Å². The summed E-state index contributed by atoms with van der Waals surface area (Å²) in [5, 5.41) is 14.8. The van der Waals surface area contributed by atoms with Gasteiger partial charge >= 0.3 is 0 Å². The standard InChI is InChI=1S/C20H22N4O3S/c25-10-15(12-4-2-1-3-5-12)22-20(27)17-16-14(11-28-17)19(26)24-18(23-16)13-6-8-21-9-7-13/h6-9,11-12,15,25H,1-5,10H2,(H,22,27)(H,23,24,26). The summed E-state index contributed by atoms with van der Waals surface area (Å²) in [4.78, 5) is 37.0. The number of thiophene rings is 1. The quantitative estimate of drug-likeness (QED) is 0.612. The number of H-pyrrole nitrogens is 1. The first-order valence-electron chi connectivity index (χ1n) is 9.51. The van der Waals surface area contributed by atoms with Crippen molar-refractivity contribution in [1.82, 2.24) is 20.3 Å². The third-order valence-electron chi connectivity index (χ3n) is 5.36. The average Bonchev–Trinajstić information content (AvgIpc) is 3.18. The Balaban J connectivity index is 1.65. The minimum atomic E-state index is -0.289. The van der Waals surface area contributed by atoms with Crippen LogP contribution in [0.2, 0.25) is 0 Å². The van der Waals surface area contributed by atoms with Crippen LogP contribution in [0.3, 0.4) is 0 Å². The number of carbonyl (C=O) groups excluding carboxylic acids is 1. The number of hydrogen-bond acceptors (Lipinski definition) is 6. The summed E-state index contributed by atoms with van der Waals surface area (Å²) in [6.07, 6.45) is 8.74. The van der Waals surface area contributed by atoms with Crippen molar-refractivity contribution in [3.8, 4) is 11.4 Å². The van der Waals surface area contributed by atoms with Crippen molar-refractivity contribution in [2.24, 2.45) is 5.92 Å². The second-order valence-electron chi connectivity index (χ2n) is 7.14. The molecule has 3 aromatic heterocycles. The number of fused-ring (bicyclic) bond motifs is 1. The Hall–Kier alpha value is -2.58. The highest BCUT2D eigenvalue weighted by atomic mass is 32.1. The van der Waals surface area contributed by atoms with E-state index in [1.807, 2.05) is 0 Å². The van der Waals surface area contributed by atoms with Gasteiger partial charge in [-0.2, -0.15) is 0 Å². The number of nitrogens with one attached hydrogen (secondary N) is 2. The molecule has 0 aromatic carbocycles. The highest BCUT2D eigenvalue weighted by Gasteiger charge is 2.26. The first kappa shape index (κ1) is 18.8. The summed E-state index contributed by atoms with van der Waals surface area (Å²) in [6.45, 7) is -0.0873. The van der Waals surface area contributed by atoms with Gasteiger partial charge in [-0.25, -0.2) is 4.98 Å². The van der Waals surface area contributed by atoms with Crippen molar-refractivity contribution in [3.63, 3.8) is 0 Å². The SMILES string of the molecule is O=C(NC(CO)C1CCCCC1)c1scc2c(=O)[nH]c(-c3ccncc3)nc12. The lowest BCUT2D eigenvalue weighted by molar-refractivity contribution is 0.0876. The zero-order chi connectivity index (χ0) is 19.5. The van der Waals surface area contributed by atoms with Crippen LogP contribution in [0, 0.1) is 5.92 Å². The van der Waals surface area contributed by atoms with E-state index in [2.05, 4.69) is 20.3 Å². The summed E-state index contributed by atoms with van der Waals surface area (Å²) in [5.41, 5.74) is 0.832. The molecule has 4 rings (SSSR count). The van der Waals surface area contributed by atoms with Crippen molar-refractivity contribution in [2.45, 2.75) is 38.1 Å². The fourth-order valence-electron chi connectivity index (χ4n) is 3.83. The molecule has 146 valence electrons. The molecule has 1 atom stereocenters. The van der Waals surface area contributed by atoms with Gasteiger partial charge in [0.05, 0.1) is 18.0 Å². The van der Waals surface area contributed by atoms with Crippen molar-refractivity contribution in [1.29, 1.82) is 0 Å². The second kappa shape index (κ2) is 8.20. The molecule has 0 aliphatic heterocycles. The summed E-state index contributed by atoms with van der Waals surface area (Å²) in [6, 6.07) is 3.23. The first-order valence-corrected chi connectivity index (χ1v) is 10.4. The van der Waals surface area contributed by atoms with E-state index in [9.17, 15) is 14.7 Å². The number of aliphatic hydroxyl groups is 1. The number of aromatic nitrogens is 3. The Labute approximate surface area is 165 Å². The molecule has 7 nitrogen and oxygen atoms in total. The summed E-state index contributed by atoms with van der Waals surface area (Å²) in [5.74, 6) is 0.402. The number of rotatable bonds is 5. The number of aliphatic hydroxyl groups excluding tert-OH is 1. The van der Waals surface area contributed by atoms with E-state index in [1.165, 1.54) is 17.8 Å². The maximum absolute atomic E-state index is 12.9. The van der Waals surface area contributed by atoms with E-state index >= 15 is 0 Å². The number of amides is 1. The maximum atomic E-state index is 12.9. The van der Waals surface area contributed by atoms with E-state index in [0.717, 1.165) is 31.2 Å². The van der Waals surface area contributed by atoms with Crippen molar-refractivity contribution in [2.75, 3.05) is 6.61 Å². The maximum Gasteiger partial charge on any atom is 0.263 e. The van der Waals surface area contributed by atoms with Gasteiger partial charge in [-0.15, -0.1) is 11.3 Å². The molecule has 1 fully saturated rings. The molecule has 0 saturated heterocycles. The lowest BCUT2D eigenvalue weighted by Gasteiger charge is -2.29. The van der Waals surface area contributed by atoms with Crippen LogP contribution >= 0.6 is 11.3 Å². The Morgan fingerprint density at radius 2 is 2.04 bits per heavy atom. The van der Waals surface area contributed by atoms with Crippen molar-refractivity contribution >= 4 is 28.1 Å². The van der Waals surface area contributed by atoms with Crippen LogP contribution in [0.15, 0.2) is 34.7 Å². The monoisotopic (exact) mass is 398 g/mol. The topological polar surface area (TPSA) is 108 Å². The molecule has 3 heterocycles. The smallest absolute Gasteiger partial charge is 0.263 e. The van der Waals surface area contributed by atoms with Crippen LogP contribution in [-0.4, -0.2) is 38.6 Å². The van der Waals surface area contributed by atoms with Gasteiger partial charge in [-0.3, -0.25) is 14.6 Å². The molecule has 1 saturated carbocycles. The highest BCUT2D eigenvalue weighted by molar-refractivity contribution is 7.13. The molecular formula is C20H22N4O3S. The first-order chi connectivity index (χ1) is 13.7. The third kappa shape index (κ3) is 3.70. The normalized spacial score (nSPS) is 16.2. The number of nitrogens with zero attached hydrogens (tertiary/aromatic N) is 2. The van der Waals surface area contributed by atoms with Gasteiger partial charge in [0.2, 0.25) is 0 Å². The lowest BCUT2D eigenvalue weighted by atomic mass is 9.84. The van der Waals surface area contributed by atoms with Gasteiger partial charge in [0.25, 0.3) is 11.5 Å². The Morgan fingerprint density at radius 3 is 2.75 bits per heavy atom. The summed E-state index contributed by atoms with van der Waals surface area (Å²) >= 11 is 1.20. The average molecular weight is 398 g/mol. The molecule has 0 bridgehead atoms. The van der Waals surface area contributed by atoms with Crippen LogP contribution in [-0.2, 0) is 0 Å². The van der Waals surface area contributed by atoms with Crippen LogP contribution in [0.4, 0.5) is 0 Å². The van der Waals surface area contributed by atoms with Crippen molar-refractivity contribution < 1.29 is 9.90 Å². The molecule has 0 radical (unpaired) electrons. The second-order valence-corrected chi connectivity index (χ2v) is 8.02. The number of pyridine rings is 1. The van der Waals surface area contributed by atoms with E-state index in [1.54, 1.807) is 29.9 Å². The lowest BCUT2D eigenvalue weighted by Crippen LogP contribution is -2.43. The summed E-state index contributed by atoms with van der Waals surface area (Å²) in [7, 11) is 0. The van der Waals surface area contributed by atoms with Crippen LogP contribution in [0.1, 0.15) is 41.8 Å². The van der Waals surface area contributed by atoms with E-state index in [4.69, 9.17) is 0 Å². The van der Waals surface area contributed by atoms with Gasteiger partial charge in [-0.05, 0) is 30.9 Å². The van der Waals surface area contributed by atoms with Crippen LogP contribution in [0.25, 0.3) is 22.3 Å². The Morgan fingerprint density at radius 1 is 1.29 bits per heavy atom. The third-order valence-corrected chi connectivity index (χ3v) is 6.33. The molecule has 0 spiro atoms. The molecular weight excluding hydrogens is 376 g/mol. The zero-order valence-electron chi connectivity index (χ0n) is 15.4. The minimum absolute atomic E-state index is 0.0873. The number of carbonyl (C=O) groups is 1. The molecule has 1 aliphatic rings. The highest BCUT2D eigenvalue weighted by Crippen LogP contribution is 2.28. The van der Waals surface area contributed by atoms with Gasteiger partial charge in [0.15, 0.2) is 0 Å². The molecule has 1 unspecified atom stereocenters. The largest absolute Gasteiger partial charge is 0.394 e. The van der Waals surface area contributed by atoms with Gasteiger partial charge in [0.1, 0.15) is 16.2 Å². The fourth-order valence-corrected chi connectivity index (χ4v) is 4.72. The molecule has 1 amide bonds. The van der Waals surface area contributed by atoms with Gasteiger partial charge in [0, 0.05) is 23.3 Å². The number of aromatic amines is 1. The molecule has 8 heteroatoms.